The minimum Gasteiger partial charge on any atom is -0.384 e. The second kappa shape index (κ2) is 5.30. The molecule has 1 aliphatic carbocycles. The third-order valence-electron chi connectivity index (χ3n) is 3.10. The first kappa shape index (κ1) is 11.4. The maximum atomic E-state index is 5.59. The number of anilines is 1. The second-order valence-electron chi connectivity index (χ2n) is 4.65. The van der Waals surface area contributed by atoms with Gasteiger partial charge in [-0.2, -0.15) is 0 Å². The highest BCUT2D eigenvalue weighted by Gasteiger charge is 2.28. The van der Waals surface area contributed by atoms with E-state index in [-0.39, 0.29) is 0 Å². The molecule has 3 heteroatoms. The van der Waals surface area contributed by atoms with Gasteiger partial charge in [0.05, 0.1) is 0 Å². The van der Waals surface area contributed by atoms with Gasteiger partial charge in [-0.1, -0.05) is 19.4 Å². The molecule has 0 atom stereocenters. The van der Waals surface area contributed by atoms with E-state index in [1.165, 1.54) is 37.8 Å². The van der Waals surface area contributed by atoms with Crippen molar-refractivity contribution in [2.24, 2.45) is 0 Å². The summed E-state index contributed by atoms with van der Waals surface area (Å²) in [5, 5.41) is 0. The first-order chi connectivity index (χ1) is 7.79. The number of unbranched alkanes of at least 4 members (excludes halogenated alkanes) is 1. The fourth-order valence-corrected chi connectivity index (χ4v) is 1.96. The predicted octanol–water partition coefficient (Wildman–Crippen LogP) is 2.43. The molecule has 2 rings (SSSR count). The van der Waals surface area contributed by atoms with Crippen molar-refractivity contribution in [1.29, 1.82) is 0 Å². The molecular formula is C13H21N3. The Morgan fingerprint density at radius 2 is 2.25 bits per heavy atom. The van der Waals surface area contributed by atoms with Crippen molar-refractivity contribution in [3.63, 3.8) is 0 Å². The lowest BCUT2D eigenvalue weighted by Gasteiger charge is -2.21. The molecule has 0 unspecified atom stereocenters. The zero-order chi connectivity index (χ0) is 11.4. The summed E-state index contributed by atoms with van der Waals surface area (Å²) in [7, 11) is 0. The van der Waals surface area contributed by atoms with Gasteiger partial charge in [-0.25, -0.2) is 4.98 Å². The van der Waals surface area contributed by atoms with Crippen LogP contribution in [0.2, 0.25) is 0 Å². The van der Waals surface area contributed by atoms with Gasteiger partial charge in [0.25, 0.3) is 0 Å². The van der Waals surface area contributed by atoms with Crippen molar-refractivity contribution in [2.75, 3.05) is 12.3 Å². The average molecular weight is 219 g/mol. The topological polar surface area (TPSA) is 42.1 Å². The van der Waals surface area contributed by atoms with E-state index in [0.717, 1.165) is 12.6 Å². The summed E-state index contributed by atoms with van der Waals surface area (Å²) >= 11 is 0. The molecule has 0 spiro atoms. The molecule has 88 valence electrons. The first-order valence-corrected chi connectivity index (χ1v) is 6.24. The van der Waals surface area contributed by atoms with Crippen molar-refractivity contribution >= 4 is 5.82 Å². The van der Waals surface area contributed by atoms with E-state index < -0.39 is 0 Å². The Kier molecular flexibility index (Phi) is 3.78. The lowest BCUT2D eigenvalue weighted by Crippen LogP contribution is -2.26. The Bertz CT molecular complexity index is 316. The molecule has 1 aromatic heterocycles. The van der Waals surface area contributed by atoms with Crippen LogP contribution in [-0.4, -0.2) is 22.5 Å². The van der Waals surface area contributed by atoms with Gasteiger partial charge in [-0.05, 0) is 37.4 Å². The average Bonchev–Trinajstić information content (AvgIpc) is 3.11. The molecule has 2 N–H and O–H groups in total. The van der Waals surface area contributed by atoms with Crippen LogP contribution in [0.5, 0.6) is 0 Å². The molecule has 3 nitrogen and oxygen atoms in total. The molecule has 0 saturated heterocycles. The third-order valence-corrected chi connectivity index (χ3v) is 3.10. The van der Waals surface area contributed by atoms with Crippen LogP contribution in [0.15, 0.2) is 18.3 Å². The summed E-state index contributed by atoms with van der Waals surface area (Å²) in [6, 6.07) is 4.80. The molecule has 1 saturated carbocycles. The smallest absolute Gasteiger partial charge is 0.123 e. The van der Waals surface area contributed by atoms with Crippen LogP contribution < -0.4 is 5.73 Å². The summed E-state index contributed by atoms with van der Waals surface area (Å²) in [6.45, 7) is 4.49. The standard InChI is InChI=1S/C13H21N3/c1-2-3-8-16(12-5-6-12)10-11-4-7-13(14)15-9-11/h4,7,9,12H,2-3,5-6,8,10H2,1H3,(H2,14,15). The Labute approximate surface area is 97.7 Å². The number of nitrogens with two attached hydrogens (primary N) is 1. The van der Waals surface area contributed by atoms with Gasteiger partial charge in [0, 0.05) is 18.8 Å². The van der Waals surface area contributed by atoms with E-state index >= 15 is 0 Å². The van der Waals surface area contributed by atoms with Gasteiger partial charge in [-0.3, -0.25) is 4.90 Å². The Balaban J connectivity index is 1.91. The molecule has 1 fully saturated rings. The second-order valence-corrected chi connectivity index (χ2v) is 4.65. The largest absolute Gasteiger partial charge is 0.384 e. The number of hydrogen-bond acceptors (Lipinski definition) is 3. The van der Waals surface area contributed by atoms with E-state index in [2.05, 4.69) is 22.9 Å². The van der Waals surface area contributed by atoms with Crippen LogP contribution in [-0.2, 0) is 6.54 Å². The van der Waals surface area contributed by atoms with Crippen LogP contribution in [0.25, 0.3) is 0 Å². The fourth-order valence-electron chi connectivity index (χ4n) is 1.96. The van der Waals surface area contributed by atoms with Gasteiger partial charge in [0.15, 0.2) is 0 Å². The maximum absolute atomic E-state index is 5.59. The summed E-state index contributed by atoms with van der Waals surface area (Å²) in [5.41, 5.74) is 6.86. The van der Waals surface area contributed by atoms with Crippen molar-refractivity contribution in [3.8, 4) is 0 Å². The number of aromatic nitrogens is 1. The molecule has 1 heterocycles. The van der Waals surface area contributed by atoms with E-state index in [9.17, 15) is 0 Å². The third kappa shape index (κ3) is 3.20. The molecule has 0 aliphatic heterocycles. The van der Waals surface area contributed by atoms with E-state index in [4.69, 9.17) is 5.73 Å². The zero-order valence-corrected chi connectivity index (χ0v) is 10.0. The van der Waals surface area contributed by atoms with Crippen LogP contribution in [0, 0.1) is 0 Å². The molecule has 0 bridgehead atoms. The predicted molar refractivity (Wildman–Crippen MR) is 67.0 cm³/mol. The van der Waals surface area contributed by atoms with Gasteiger partial charge in [-0.15, -0.1) is 0 Å². The van der Waals surface area contributed by atoms with Crippen LogP contribution in [0.4, 0.5) is 5.82 Å². The van der Waals surface area contributed by atoms with E-state index in [1.54, 1.807) is 0 Å². The van der Waals surface area contributed by atoms with Crippen molar-refractivity contribution in [1.82, 2.24) is 9.88 Å². The number of nitrogen functional groups attached to an aromatic ring is 1. The minimum absolute atomic E-state index is 0.607. The monoisotopic (exact) mass is 219 g/mol. The zero-order valence-electron chi connectivity index (χ0n) is 10.0. The van der Waals surface area contributed by atoms with Gasteiger partial charge in [0.2, 0.25) is 0 Å². The summed E-state index contributed by atoms with van der Waals surface area (Å²) < 4.78 is 0. The van der Waals surface area contributed by atoms with E-state index in [1.807, 2.05) is 12.3 Å². The summed E-state index contributed by atoms with van der Waals surface area (Å²) in [4.78, 5) is 6.72. The Morgan fingerprint density at radius 1 is 1.44 bits per heavy atom. The normalized spacial score (nSPS) is 15.6. The van der Waals surface area contributed by atoms with Gasteiger partial charge in [0.1, 0.15) is 5.82 Å². The SMILES string of the molecule is CCCCN(Cc1ccc(N)nc1)C1CC1. The number of rotatable bonds is 6. The maximum Gasteiger partial charge on any atom is 0.123 e. The molecule has 1 aliphatic rings. The first-order valence-electron chi connectivity index (χ1n) is 6.24. The lowest BCUT2D eigenvalue weighted by atomic mass is 10.2. The van der Waals surface area contributed by atoms with Gasteiger partial charge >= 0.3 is 0 Å². The Hall–Kier alpha value is -1.09. The highest BCUT2D eigenvalue weighted by molar-refractivity contribution is 5.29. The molecule has 16 heavy (non-hydrogen) atoms. The molecule has 1 aromatic rings. The minimum atomic E-state index is 0.607. The quantitative estimate of drug-likeness (QED) is 0.799. The highest BCUT2D eigenvalue weighted by Crippen LogP contribution is 2.28. The highest BCUT2D eigenvalue weighted by atomic mass is 15.2. The van der Waals surface area contributed by atoms with Gasteiger partial charge < -0.3 is 5.73 Å². The summed E-state index contributed by atoms with van der Waals surface area (Å²) in [5.74, 6) is 0.607. The Morgan fingerprint density at radius 3 is 2.81 bits per heavy atom. The molecular weight excluding hydrogens is 198 g/mol. The number of nitrogens with zero attached hydrogens (tertiary/aromatic N) is 2. The molecule has 0 aromatic carbocycles. The lowest BCUT2D eigenvalue weighted by molar-refractivity contribution is 0.250. The summed E-state index contributed by atoms with van der Waals surface area (Å²) in [6.07, 6.45) is 7.19. The molecule has 0 amide bonds. The number of hydrogen-bond donors (Lipinski definition) is 1. The van der Waals surface area contributed by atoms with Crippen LogP contribution >= 0.6 is 0 Å². The van der Waals surface area contributed by atoms with Crippen LogP contribution in [0.3, 0.4) is 0 Å². The fraction of sp³-hybridized carbons (Fsp3) is 0.615. The van der Waals surface area contributed by atoms with Crippen molar-refractivity contribution in [3.05, 3.63) is 23.9 Å². The van der Waals surface area contributed by atoms with Crippen molar-refractivity contribution in [2.45, 2.75) is 45.2 Å². The van der Waals surface area contributed by atoms with Crippen LogP contribution in [0.1, 0.15) is 38.2 Å². The number of pyridine rings is 1. The van der Waals surface area contributed by atoms with Crippen molar-refractivity contribution < 1.29 is 0 Å². The molecule has 0 radical (unpaired) electrons. The van der Waals surface area contributed by atoms with E-state index in [0.29, 0.717) is 5.82 Å².